The predicted molar refractivity (Wildman–Crippen MR) is 77.3 cm³/mol. The third-order valence-corrected chi connectivity index (χ3v) is 3.74. The molecule has 1 fully saturated rings. The molecule has 1 N–H and O–H groups in total. The number of carbonyl (C=O) groups is 1. The summed E-state index contributed by atoms with van der Waals surface area (Å²) in [5.41, 5.74) is 0.729. The molecule has 104 valence electrons. The molecule has 1 amide bonds. The van der Waals surface area contributed by atoms with Crippen molar-refractivity contribution in [2.24, 2.45) is 5.92 Å². The first-order valence-electron chi connectivity index (χ1n) is 7.12. The van der Waals surface area contributed by atoms with Crippen LogP contribution >= 0.6 is 0 Å². The van der Waals surface area contributed by atoms with Gasteiger partial charge in [-0.3, -0.25) is 4.79 Å². The number of rotatable bonds is 3. The molecule has 2 unspecified atom stereocenters. The van der Waals surface area contributed by atoms with Gasteiger partial charge in [0.15, 0.2) is 0 Å². The maximum atomic E-state index is 12.6. The molecule has 1 aliphatic heterocycles. The van der Waals surface area contributed by atoms with Gasteiger partial charge in [-0.1, -0.05) is 6.92 Å². The van der Waals surface area contributed by atoms with Crippen molar-refractivity contribution in [3.63, 3.8) is 0 Å². The van der Waals surface area contributed by atoms with Crippen molar-refractivity contribution in [2.75, 3.05) is 18.4 Å². The van der Waals surface area contributed by atoms with Crippen LogP contribution in [0.4, 0.5) is 5.82 Å². The number of nitrogens with one attached hydrogen (secondary N) is 1. The fraction of sp³-hybridized carbons (Fsp3) is 0.600. The Morgan fingerprint density at radius 1 is 1.47 bits per heavy atom. The summed E-state index contributed by atoms with van der Waals surface area (Å²) in [7, 11) is 0. The van der Waals surface area contributed by atoms with Gasteiger partial charge >= 0.3 is 0 Å². The second kappa shape index (κ2) is 6.04. The van der Waals surface area contributed by atoms with Crippen molar-refractivity contribution in [1.82, 2.24) is 9.88 Å². The minimum atomic E-state index is 0.126. The van der Waals surface area contributed by atoms with Crippen LogP contribution in [0, 0.1) is 5.92 Å². The van der Waals surface area contributed by atoms with Crippen LogP contribution in [0.1, 0.15) is 44.0 Å². The van der Waals surface area contributed by atoms with Crippen LogP contribution in [-0.4, -0.2) is 34.9 Å². The van der Waals surface area contributed by atoms with E-state index in [0.29, 0.717) is 12.0 Å². The topological polar surface area (TPSA) is 45.2 Å². The lowest BCUT2D eigenvalue weighted by Gasteiger charge is -2.36. The van der Waals surface area contributed by atoms with Gasteiger partial charge in [-0.05, 0) is 44.7 Å². The SMILES string of the molecule is CCNc1cc(C(=O)N2CC(C)CCC2C)ccn1. The van der Waals surface area contributed by atoms with Gasteiger partial charge in [-0.15, -0.1) is 0 Å². The molecule has 1 saturated heterocycles. The van der Waals surface area contributed by atoms with Gasteiger partial charge in [0.1, 0.15) is 5.82 Å². The van der Waals surface area contributed by atoms with Crippen molar-refractivity contribution in [3.05, 3.63) is 23.9 Å². The molecule has 0 saturated carbocycles. The molecule has 2 rings (SSSR count). The number of hydrogen-bond acceptors (Lipinski definition) is 3. The Morgan fingerprint density at radius 2 is 2.26 bits per heavy atom. The number of anilines is 1. The lowest BCUT2D eigenvalue weighted by molar-refractivity contribution is 0.0574. The first kappa shape index (κ1) is 13.8. The van der Waals surface area contributed by atoms with Gasteiger partial charge in [-0.2, -0.15) is 0 Å². The van der Waals surface area contributed by atoms with E-state index in [1.807, 2.05) is 17.9 Å². The monoisotopic (exact) mass is 261 g/mol. The molecule has 0 bridgehead atoms. The summed E-state index contributed by atoms with van der Waals surface area (Å²) >= 11 is 0. The smallest absolute Gasteiger partial charge is 0.254 e. The number of nitrogens with zero attached hydrogens (tertiary/aromatic N) is 2. The summed E-state index contributed by atoms with van der Waals surface area (Å²) in [6, 6.07) is 3.98. The Labute approximate surface area is 115 Å². The Bertz CT molecular complexity index is 447. The molecule has 2 atom stereocenters. The highest BCUT2D eigenvalue weighted by Crippen LogP contribution is 2.23. The van der Waals surface area contributed by atoms with E-state index in [9.17, 15) is 4.79 Å². The molecule has 4 nitrogen and oxygen atoms in total. The van der Waals surface area contributed by atoms with Crippen molar-refractivity contribution in [2.45, 2.75) is 39.7 Å². The fourth-order valence-electron chi connectivity index (χ4n) is 2.58. The van der Waals surface area contributed by atoms with E-state index in [2.05, 4.69) is 24.1 Å². The molecular formula is C15H23N3O. The van der Waals surface area contributed by atoms with E-state index >= 15 is 0 Å². The van der Waals surface area contributed by atoms with Crippen LogP contribution in [0.3, 0.4) is 0 Å². The quantitative estimate of drug-likeness (QED) is 0.910. The van der Waals surface area contributed by atoms with Gasteiger partial charge < -0.3 is 10.2 Å². The molecule has 2 heterocycles. The summed E-state index contributed by atoms with van der Waals surface area (Å²) < 4.78 is 0. The van der Waals surface area contributed by atoms with Crippen molar-refractivity contribution >= 4 is 11.7 Å². The van der Waals surface area contributed by atoms with E-state index in [0.717, 1.165) is 30.9 Å². The predicted octanol–water partition coefficient (Wildman–Crippen LogP) is 2.77. The van der Waals surface area contributed by atoms with Crippen LogP contribution < -0.4 is 5.32 Å². The van der Waals surface area contributed by atoms with E-state index in [1.165, 1.54) is 6.42 Å². The van der Waals surface area contributed by atoms with Crippen molar-refractivity contribution in [3.8, 4) is 0 Å². The van der Waals surface area contributed by atoms with Crippen LogP contribution in [0.5, 0.6) is 0 Å². The first-order chi connectivity index (χ1) is 9.11. The third-order valence-electron chi connectivity index (χ3n) is 3.74. The Hall–Kier alpha value is -1.58. The van der Waals surface area contributed by atoms with Crippen molar-refractivity contribution in [1.29, 1.82) is 0 Å². The largest absolute Gasteiger partial charge is 0.370 e. The van der Waals surface area contributed by atoms with Gasteiger partial charge in [-0.25, -0.2) is 4.98 Å². The summed E-state index contributed by atoms with van der Waals surface area (Å²) in [5, 5.41) is 3.14. The number of amides is 1. The third kappa shape index (κ3) is 3.25. The van der Waals surface area contributed by atoms with Gasteiger partial charge in [0.25, 0.3) is 5.91 Å². The zero-order valence-corrected chi connectivity index (χ0v) is 12.0. The molecule has 1 aromatic heterocycles. The average Bonchev–Trinajstić information content (AvgIpc) is 2.41. The number of hydrogen-bond donors (Lipinski definition) is 1. The van der Waals surface area contributed by atoms with Crippen LogP contribution in [0.15, 0.2) is 18.3 Å². The average molecular weight is 261 g/mol. The zero-order chi connectivity index (χ0) is 13.8. The Morgan fingerprint density at radius 3 is 3.00 bits per heavy atom. The molecule has 4 heteroatoms. The lowest BCUT2D eigenvalue weighted by Crippen LogP contribution is -2.44. The van der Waals surface area contributed by atoms with Crippen LogP contribution in [0.2, 0.25) is 0 Å². The molecule has 0 radical (unpaired) electrons. The maximum Gasteiger partial charge on any atom is 0.254 e. The Kier molecular flexibility index (Phi) is 4.40. The summed E-state index contributed by atoms with van der Waals surface area (Å²) in [5.74, 6) is 1.49. The first-order valence-corrected chi connectivity index (χ1v) is 7.12. The second-order valence-electron chi connectivity index (χ2n) is 5.45. The fourth-order valence-corrected chi connectivity index (χ4v) is 2.58. The second-order valence-corrected chi connectivity index (χ2v) is 5.45. The van der Waals surface area contributed by atoms with E-state index in [1.54, 1.807) is 12.3 Å². The number of aromatic nitrogens is 1. The molecule has 0 aromatic carbocycles. The number of likely N-dealkylation sites (tertiary alicyclic amines) is 1. The Balaban J connectivity index is 2.16. The minimum absolute atomic E-state index is 0.126. The van der Waals surface area contributed by atoms with E-state index in [4.69, 9.17) is 0 Å². The summed E-state index contributed by atoms with van der Waals surface area (Å²) in [6.45, 7) is 8.03. The maximum absolute atomic E-state index is 12.6. The molecule has 1 aromatic rings. The normalized spacial score (nSPS) is 23.2. The highest BCUT2D eigenvalue weighted by molar-refractivity contribution is 5.95. The highest BCUT2D eigenvalue weighted by atomic mass is 16.2. The summed E-state index contributed by atoms with van der Waals surface area (Å²) in [4.78, 5) is 18.8. The molecule has 0 aliphatic carbocycles. The number of pyridine rings is 1. The molecule has 19 heavy (non-hydrogen) atoms. The van der Waals surface area contributed by atoms with Gasteiger partial charge in [0, 0.05) is 30.9 Å². The number of piperidine rings is 1. The highest BCUT2D eigenvalue weighted by Gasteiger charge is 2.27. The minimum Gasteiger partial charge on any atom is -0.370 e. The van der Waals surface area contributed by atoms with Gasteiger partial charge in [0.2, 0.25) is 0 Å². The molecule has 0 spiro atoms. The van der Waals surface area contributed by atoms with Crippen molar-refractivity contribution < 1.29 is 4.79 Å². The van der Waals surface area contributed by atoms with Crippen LogP contribution in [0.25, 0.3) is 0 Å². The molecular weight excluding hydrogens is 238 g/mol. The summed E-state index contributed by atoms with van der Waals surface area (Å²) in [6.07, 6.45) is 4.01. The lowest BCUT2D eigenvalue weighted by atomic mass is 9.94. The number of carbonyl (C=O) groups excluding carboxylic acids is 1. The van der Waals surface area contributed by atoms with E-state index in [-0.39, 0.29) is 5.91 Å². The standard InChI is InChI=1S/C15H23N3O/c1-4-16-14-9-13(7-8-17-14)15(19)18-10-11(2)5-6-12(18)3/h7-9,11-12H,4-6,10H2,1-3H3,(H,16,17). The molecule has 1 aliphatic rings. The van der Waals surface area contributed by atoms with Crippen LogP contribution in [-0.2, 0) is 0 Å². The van der Waals surface area contributed by atoms with E-state index < -0.39 is 0 Å². The zero-order valence-electron chi connectivity index (χ0n) is 12.0. The van der Waals surface area contributed by atoms with Gasteiger partial charge in [0.05, 0.1) is 0 Å².